The Bertz CT molecular complexity index is 416. The second-order valence-corrected chi connectivity index (χ2v) is 4.87. The Hall–Kier alpha value is -1.33. The number of rotatable bonds is 4. The summed E-state index contributed by atoms with van der Waals surface area (Å²) in [5.41, 5.74) is 5.70. The molecule has 100 valence electrons. The van der Waals surface area contributed by atoms with E-state index in [0.29, 0.717) is 18.5 Å². The number of esters is 1. The van der Waals surface area contributed by atoms with Gasteiger partial charge < -0.3 is 14.9 Å². The number of hydrogen-bond acceptors (Lipinski definition) is 5. The minimum atomic E-state index is -0.435. The van der Waals surface area contributed by atoms with Crippen LogP contribution in [0.3, 0.4) is 0 Å². The van der Waals surface area contributed by atoms with Crippen LogP contribution in [0, 0.1) is 5.92 Å². The molecule has 1 saturated heterocycles. The average Bonchev–Trinajstić information content (AvgIpc) is 2.97. The van der Waals surface area contributed by atoms with E-state index < -0.39 is 5.97 Å². The highest BCUT2D eigenvalue weighted by Gasteiger charge is 2.28. The van der Waals surface area contributed by atoms with E-state index in [0.717, 1.165) is 25.3 Å². The highest BCUT2D eigenvalue weighted by atomic mass is 16.5. The van der Waals surface area contributed by atoms with Crippen LogP contribution >= 0.6 is 0 Å². The van der Waals surface area contributed by atoms with Gasteiger partial charge >= 0.3 is 5.97 Å². The highest BCUT2D eigenvalue weighted by Crippen LogP contribution is 2.24. The summed E-state index contributed by atoms with van der Waals surface area (Å²) in [6.45, 7) is 4.63. The highest BCUT2D eigenvalue weighted by molar-refractivity contribution is 5.86. The molecule has 2 rings (SSSR count). The lowest BCUT2D eigenvalue weighted by Gasteiger charge is -2.19. The summed E-state index contributed by atoms with van der Waals surface area (Å²) in [4.78, 5) is 13.6. The maximum absolute atomic E-state index is 11.3. The standard InChI is InChI=1S/C13H20N2O3/c1-9-5-10(6-14)7-15(9)8-11-3-4-12(18-11)13(16)17-2/h3-4,9-10H,5-8,14H2,1-2H3. The van der Waals surface area contributed by atoms with Crippen molar-refractivity contribution in [3.63, 3.8) is 0 Å². The van der Waals surface area contributed by atoms with Gasteiger partial charge in [0.05, 0.1) is 13.7 Å². The zero-order valence-corrected chi connectivity index (χ0v) is 10.9. The van der Waals surface area contributed by atoms with Crippen LogP contribution in [0.15, 0.2) is 16.5 Å². The summed E-state index contributed by atoms with van der Waals surface area (Å²) in [6.07, 6.45) is 1.13. The average molecular weight is 252 g/mol. The van der Waals surface area contributed by atoms with Crippen LogP contribution in [-0.2, 0) is 11.3 Å². The van der Waals surface area contributed by atoms with Gasteiger partial charge in [0.15, 0.2) is 0 Å². The Morgan fingerprint density at radius 2 is 2.39 bits per heavy atom. The molecule has 0 radical (unpaired) electrons. The number of carbonyl (C=O) groups excluding carboxylic acids is 1. The number of methoxy groups -OCH3 is 1. The lowest BCUT2D eigenvalue weighted by molar-refractivity contribution is 0.0561. The fourth-order valence-electron chi connectivity index (χ4n) is 2.48. The molecule has 0 saturated carbocycles. The van der Waals surface area contributed by atoms with Crippen molar-refractivity contribution in [1.29, 1.82) is 0 Å². The van der Waals surface area contributed by atoms with Gasteiger partial charge in [-0.1, -0.05) is 0 Å². The number of furan rings is 1. The number of hydrogen-bond donors (Lipinski definition) is 1. The Kier molecular flexibility index (Phi) is 4.04. The molecule has 0 spiro atoms. The maximum Gasteiger partial charge on any atom is 0.373 e. The second kappa shape index (κ2) is 5.54. The second-order valence-electron chi connectivity index (χ2n) is 4.87. The molecule has 18 heavy (non-hydrogen) atoms. The SMILES string of the molecule is COC(=O)c1ccc(CN2CC(CN)CC2C)o1. The molecular formula is C13H20N2O3. The summed E-state index contributed by atoms with van der Waals surface area (Å²) < 4.78 is 10.1. The van der Waals surface area contributed by atoms with Crippen molar-refractivity contribution in [3.05, 3.63) is 23.7 Å². The van der Waals surface area contributed by atoms with Crippen LogP contribution in [0.1, 0.15) is 29.7 Å². The number of carbonyl (C=O) groups is 1. The van der Waals surface area contributed by atoms with E-state index in [9.17, 15) is 4.79 Å². The first-order valence-electron chi connectivity index (χ1n) is 6.25. The molecule has 0 aliphatic carbocycles. The van der Waals surface area contributed by atoms with Crippen LogP contribution < -0.4 is 5.73 Å². The first-order chi connectivity index (χ1) is 8.63. The molecule has 1 aromatic heterocycles. The smallest absolute Gasteiger partial charge is 0.373 e. The van der Waals surface area contributed by atoms with Crippen molar-refractivity contribution < 1.29 is 13.9 Å². The van der Waals surface area contributed by atoms with E-state index in [4.69, 9.17) is 10.2 Å². The molecule has 1 fully saturated rings. The van der Waals surface area contributed by atoms with E-state index in [-0.39, 0.29) is 5.76 Å². The van der Waals surface area contributed by atoms with Gasteiger partial charge in [-0.25, -0.2) is 4.79 Å². The van der Waals surface area contributed by atoms with Crippen molar-refractivity contribution >= 4 is 5.97 Å². The largest absolute Gasteiger partial charge is 0.463 e. The zero-order chi connectivity index (χ0) is 13.1. The van der Waals surface area contributed by atoms with Crippen molar-refractivity contribution in [2.75, 3.05) is 20.2 Å². The number of ether oxygens (including phenoxy) is 1. The fraction of sp³-hybridized carbons (Fsp3) is 0.615. The van der Waals surface area contributed by atoms with Crippen molar-refractivity contribution in [1.82, 2.24) is 4.90 Å². The summed E-state index contributed by atoms with van der Waals surface area (Å²) in [5, 5.41) is 0. The molecule has 0 aromatic carbocycles. The minimum Gasteiger partial charge on any atom is -0.463 e. The first-order valence-corrected chi connectivity index (χ1v) is 6.25. The van der Waals surface area contributed by atoms with Gasteiger partial charge in [-0.3, -0.25) is 4.90 Å². The van der Waals surface area contributed by atoms with Gasteiger partial charge in [0.25, 0.3) is 0 Å². The lowest BCUT2D eigenvalue weighted by atomic mass is 10.1. The molecule has 1 aliphatic rings. The van der Waals surface area contributed by atoms with Crippen LogP contribution in [0.2, 0.25) is 0 Å². The minimum absolute atomic E-state index is 0.259. The Morgan fingerprint density at radius 3 is 3.00 bits per heavy atom. The predicted octanol–water partition coefficient (Wildman–Crippen LogP) is 1.24. The van der Waals surface area contributed by atoms with Gasteiger partial charge in [0.1, 0.15) is 5.76 Å². The van der Waals surface area contributed by atoms with E-state index >= 15 is 0 Å². The van der Waals surface area contributed by atoms with Gasteiger partial charge in [-0.2, -0.15) is 0 Å². The fourth-order valence-corrected chi connectivity index (χ4v) is 2.48. The molecule has 5 heteroatoms. The normalized spacial score (nSPS) is 24.4. The molecule has 1 aliphatic heterocycles. The lowest BCUT2D eigenvalue weighted by Crippen LogP contribution is -2.27. The summed E-state index contributed by atoms with van der Waals surface area (Å²) >= 11 is 0. The molecule has 2 N–H and O–H groups in total. The molecule has 0 bridgehead atoms. The van der Waals surface area contributed by atoms with Crippen LogP contribution in [0.5, 0.6) is 0 Å². The molecule has 2 heterocycles. The third-order valence-electron chi connectivity index (χ3n) is 3.53. The Labute approximate surface area is 107 Å². The summed E-state index contributed by atoms with van der Waals surface area (Å²) in [7, 11) is 1.35. The topological polar surface area (TPSA) is 68.7 Å². The third-order valence-corrected chi connectivity index (χ3v) is 3.53. The molecule has 1 aromatic rings. The van der Waals surface area contributed by atoms with E-state index in [1.165, 1.54) is 7.11 Å². The summed E-state index contributed by atoms with van der Waals surface area (Å²) in [6, 6.07) is 3.99. The van der Waals surface area contributed by atoms with E-state index in [2.05, 4.69) is 16.6 Å². The maximum atomic E-state index is 11.3. The quantitative estimate of drug-likeness (QED) is 0.816. The van der Waals surface area contributed by atoms with Crippen molar-refractivity contribution in [2.24, 2.45) is 11.7 Å². The molecule has 2 atom stereocenters. The predicted molar refractivity (Wildman–Crippen MR) is 67.1 cm³/mol. The van der Waals surface area contributed by atoms with Gasteiger partial charge in [0.2, 0.25) is 5.76 Å². The zero-order valence-electron chi connectivity index (χ0n) is 10.9. The van der Waals surface area contributed by atoms with Gasteiger partial charge in [0, 0.05) is 12.6 Å². The van der Waals surface area contributed by atoms with Crippen molar-refractivity contribution in [2.45, 2.75) is 25.9 Å². The molecule has 2 unspecified atom stereocenters. The number of nitrogens with zero attached hydrogens (tertiary/aromatic N) is 1. The molecular weight excluding hydrogens is 232 g/mol. The van der Waals surface area contributed by atoms with Gasteiger partial charge in [-0.05, 0) is 37.9 Å². The van der Waals surface area contributed by atoms with Crippen LogP contribution in [0.4, 0.5) is 0 Å². The molecule has 5 nitrogen and oxygen atoms in total. The van der Waals surface area contributed by atoms with Crippen molar-refractivity contribution in [3.8, 4) is 0 Å². The van der Waals surface area contributed by atoms with Crippen LogP contribution in [0.25, 0.3) is 0 Å². The van der Waals surface area contributed by atoms with E-state index in [1.54, 1.807) is 6.07 Å². The Balaban J connectivity index is 1.97. The molecule has 0 amide bonds. The van der Waals surface area contributed by atoms with Crippen LogP contribution in [-0.4, -0.2) is 37.1 Å². The third kappa shape index (κ3) is 2.73. The Morgan fingerprint density at radius 1 is 1.61 bits per heavy atom. The first kappa shape index (κ1) is 13.1. The summed E-state index contributed by atoms with van der Waals surface area (Å²) in [5.74, 6) is 1.18. The van der Waals surface area contributed by atoms with Gasteiger partial charge in [-0.15, -0.1) is 0 Å². The number of likely N-dealkylation sites (tertiary alicyclic amines) is 1. The number of nitrogens with two attached hydrogens (primary N) is 1. The monoisotopic (exact) mass is 252 g/mol. The van der Waals surface area contributed by atoms with E-state index in [1.807, 2.05) is 6.07 Å².